The van der Waals surface area contributed by atoms with Gasteiger partial charge in [0, 0.05) is 19.0 Å². The molecule has 1 amide bonds. The van der Waals surface area contributed by atoms with Crippen molar-refractivity contribution in [3.8, 4) is 0 Å². The van der Waals surface area contributed by atoms with Crippen molar-refractivity contribution >= 4 is 12.2 Å². The Kier molecular flexibility index (Phi) is 5.10. The topological polar surface area (TPSA) is 37.4 Å². The summed E-state index contributed by atoms with van der Waals surface area (Å²) in [6.07, 6.45) is 2.45. The third-order valence-corrected chi connectivity index (χ3v) is 3.66. The molecule has 0 unspecified atom stereocenters. The van der Waals surface area contributed by atoms with E-state index in [1.54, 1.807) is 7.05 Å². The number of carbonyl (C=O) groups is 1. The molecule has 3 heteroatoms. The van der Waals surface area contributed by atoms with Gasteiger partial charge in [-0.15, -0.1) is 0 Å². The summed E-state index contributed by atoms with van der Waals surface area (Å²) in [6.45, 7) is 3.91. The lowest BCUT2D eigenvalue weighted by Crippen LogP contribution is -2.39. The zero-order valence-corrected chi connectivity index (χ0v) is 13.2. The van der Waals surface area contributed by atoms with Crippen LogP contribution in [0.4, 0.5) is 0 Å². The van der Waals surface area contributed by atoms with Gasteiger partial charge in [-0.1, -0.05) is 47.5 Å². The fraction of sp³-hybridized carbons (Fsp3) is 0.263. The van der Waals surface area contributed by atoms with Crippen LogP contribution in [0.15, 0.2) is 48.5 Å². The fourth-order valence-electron chi connectivity index (χ4n) is 2.54. The molecule has 2 rings (SSSR count). The van der Waals surface area contributed by atoms with Gasteiger partial charge in [0.1, 0.15) is 6.04 Å². The first-order chi connectivity index (χ1) is 10.5. The first-order valence-electron chi connectivity index (χ1n) is 7.28. The summed E-state index contributed by atoms with van der Waals surface area (Å²) in [7, 11) is 1.65. The molecule has 3 nitrogen and oxygen atoms in total. The average molecular weight is 294 g/mol. The molecule has 2 aromatic carbocycles. The Balaban J connectivity index is 2.18. The van der Waals surface area contributed by atoms with Crippen molar-refractivity contribution in [1.29, 1.82) is 0 Å². The second kappa shape index (κ2) is 7.03. The van der Waals surface area contributed by atoms with E-state index in [9.17, 15) is 9.59 Å². The van der Waals surface area contributed by atoms with Crippen LogP contribution in [0.25, 0.3) is 0 Å². The fourth-order valence-corrected chi connectivity index (χ4v) is 2.54. The monoisotopic (exact) mass is 294 g/mol. The van der Waals surface area contributed by atoms with E-state index in [0.717, 1.165) is 16.7 Å². The summed E-state index contributed by atoms with van der Waals surface area (Å²) in [6, 6.07) is 14.8. The summed E-state index contributed by atoms with van der Waals surface area (Å²) < 4.78 is 0. The highest BCUT2D eigenvalue weighted by molar-refractivity contribution is 5.96. The molecule has 22 heavy (non-hydrogen) atoms. The molecule has 0 saturated carbocycles. The van der Waals surface area contributed by atoms with Gasteiger partial charge in [0.05, 0.1) is 0 Å². The molecule has 0 aliphatic heterocycles. The predicted octanol–water partition coefficient (Wildman–Crippen LogP) is 3.10. The largest absolute Gasteiger partial charge is 0.331 e. The Bertz CT molecular complexity index is 644. The van der Waals surface area contributed by atoms with Gasteiger partial charge in [-0.3, -0.25) is 9.59 Å². The maximum atomic E-state index is 12.6. The summed E-state index contributed by atoms with van der Waals surface area (Å²) >= 11 is 0. The normalized spacial score (nSPS) is 11.8. The number of benzene rings is 2. The van der Waals surface area contributed by atoms with Gasteiger partial charge in [-0.05, 0) is 31.5 Å². The van der Waals surface area contributed by atoms with Crippen molar-refractivity contribution in [3.05, 3.63) is 70.8 Å². The Morgan fingerprint density at radius 1 is 1.09 bits per heavy atom. The Labute approximate surface area is 131 Å². The molecule has 113 valence electrons. The van der Waals surface area contributed by atoms with Crippen molar-refractivity contribution < 1.29 is 9.59 Å². The van der Waals surface area contributed by atoms with E-state index in [4.69, 9.17) is 0 Å². The summed E-state index contributed by atoms with van der Waals surface area (Å²) in [4.78, 5) is 25.4. The quantitative estimate of drug-likeness (QED) is 0.849. The van der Waals surface area contributed by atoms with Crippen molar-refractivity contribution in [2.45, 2.75) is 26.3 Å². The Hall–Kier alpha value is -2.42. The van der Waals surface area contributed by atoms with Crippen LogP contribution in [0.1, 0.15) is 27.0 Å². The maximum Gasteiger partial charge on any atom is 0.254 e. The van der Waals surface area contributed by atoms with E-state index in [-0.39, 0.29) is 5.91 Å². The molecule has 0 aromatic heterocycles. The molecule has 1 radical (unpaired) electrons. The van der Waals surface area contributed by atoms with Crippen LogP contribution in [0.3, 0.4) is 0 Å². The molecular formula is C19H20NO2. The Morgan fingerprint density at radius 2 is 1.68 bits per heavy atom. The number of hydrogen-bond acceptors (Lipinski definition) is 2. The van der Waals surface area contributed by atoms with Crippen LogP contribution in [0, 0.1) is 13.8 Å². The second-order valence-corrected chi connectivity index (χ2v) is 5.62. The van der Waals surface area contributed by atoms with Crippen LogP contribution in [-0.4, -0.2) is 30.2 Å². The first kappa shape index (κ1) is 16.0. The van der Waals surface area contributed by atoms with Gasteiger partial charge in [-0.2, -0.15) is 0 Å². The van der Waals surface area contributed by atoms with Gasteiger partial charge < -0.3 is 4.90 Å². The second-order valence-electron chi connectivity index (χ2n) is 5.62. The van der Waals surface area contributed by atoms with E-state index in [2.05, 4.69) is 0 Å². The first-order valence-corrected chi connectivity index (χ1v) is 7.28. The van der Waals surface area contributed by atoms with Crippen molar-refractivity contribution in [2.24, 2.45) is 0 Å². The number of aryl methyl sites for hydroxylation is 2. The van der Waals surface area contributed by atoms with Crippen LogP contribution in [0.5, 0.6) is 0 Å². The van der Waals surface area contributed by atoms with Gasteiger partial charge in [0.15, 0.2) is 0 Å². The molecule has 1 atom stereocenters. The molecule has 0 saturated heterocycles. The highest BCUT2D eigenvalue weighted by Crippen LogP contribution is 2.14. The molecule has 0 aliphatic rings. The van der Waals surface area contributed by atoms with E-state index in [1.807, 2.05) is 68.7 Å². The molecule has 0 spiro atoms. The summed E-state index contributed by atoms with van der Waals surface area (Å²) in [5.74, 6) is -0.156. The standard InChI is InChI=1S/C19H20NO2/c1-14-9-15(2)11-17(10-14)19(22)20(3)18(13-21)12-16-7-5-4-6-8-16/h4-11,18H,12H2,1-3H3/t18-/m0/s1. The molecule has 0 N–H and O–H groups in total. The third-order valence-electron chi connectivity index (χ3n) is 3.66. The highest BCUT2D eigenvalue weighted by atomic mass is 16.2. The number of nitrogens with zero attached hydrogens (tertiary/aromatic N) is 1. The lowest BCUT2D eigenvalue weighted by molar-refractivity contribution is 0.0768. The van der Waals surface area contributed by atoms with E-state index >= 15 is 0 Å². The smallest absolute Gasteiger partial charge is 0.254 e. The molecule has 2 aromatic rings. The SMILES string of the molecule is Cc1cc(C)cc(C(=O)N(C)[C@H]([C]=O)Cc2ccccc2)c1. The lowest BCUT2D eigenvalue weighted by atomic mass is 10.0. The lowest BCUT2D eigenvalue weighted by Gasteiger charge is -2.23. The molecule has 0 fully saturated rings. The van der Waals surface area contributed by atoms with E-state index < -0.39 is 6.04 Å². The van der Waals surface area contributed by atoms with Crippen LogP contribution < -0.4 is 0 Å². The third kappa shape index (κ3) is 3.82. The number of likely N-dealkylation sites (N-methyl/N-ethyl adjacent to an activating group) is 1. The minimum Gasteiger partial charge on any atom is -0.331 e. The van der Waals surface area contributed by atoms with Crippen LogP contribution in [0.2, 0.25) is 0 Å². The summed E-state index contributed by atoms with van der Waals surface area (Å²) in [5, 5.41) is 0. The van der Waals surface area contributed by atoms with Crippen molar-refractivity contribution in [2.75, 3.05) is 7.05 Å². The van der Waals surface area contributed by atoms with Crippen LogP contribution in [-0.2, 0) is 11.2 Å². The van der Waals surface area contributed by atoms with Gasteiger partial charge in [0.2, 0.25) is 6.29 Å². The molecule has 0 aliphatic carbocycles. The van der Waals surface area contributed by atoms with Gasteiger partial charge >= 0.3 is 0 Å². The van der Waals surface area contributed by atoms with Gasteiger partial charge in [-0.25, -0.2) is 0 Å². The van der Waals surface area contributed by atoms with Crippen LogP contribution >= 0.6 is 0 Å². The minimum atomic E-state index is -0.587. The number of amides is 1. The van der Waals surface area contributed by atoms with Crippen molar-refractivity contribution in [1.82, 2.24) is 4.90 Å². The van der Waals surface area contributed by atoms with Crippen molar-refractivity contribution in [3.63, 3.8) is 0 Å². The molecule has 0 bridgehead atoms. The maximum absolute atomic E-state index is 12.6. The zero-order valence-electron chi connectivity index (χ0n) is 13.2. The number of carbonyl (C=O) groups excluding carboxylic acids is 2. The zero-order chi connectivity index (χ0) is 16.1. The summed E-state index contributed by atoms with van der Waals surface area (Å²) in [5.41, 5.74) is 3.68. The highest BCUT2D eigenvalue weighted by Gasteiger charge is 2.22. The molecular weight excluding hydrogens is 274 g/mol. The number of hydrogen-bond donors (Lipinski definition) is 0. The Morgan fingerprint density at radius 3 is 2.23 bits per heavy atom. The number of rotatable bonds is 5. The molecule has 0 heterocycles. The van der Waals surface area contributed by atoms with E-state index in [1.165, 1.54) is 4.90 Å². The predicted molar refractivity (Wildman–Crippen MR) is 87.6 cm³/mol. The minimum absolute atomic E-state index is 0.156. The van der Waals surface area contributed by atoms with Gasteiger partial charge in [0.25, 0.3) is 5.91 Å². The average Bonchev–Trinajstić information content (AvgIpc) is 2.51. The van der Waals surface area contributed by atoms with E-state index in [0.29, 0.717) is 12.0 Å².